The van der Waals surface area contributed by atoms with Crippen molar-refractivity contribution in [3.63, 3.8) is 0 Å². The van der Waals surface area contributed by atoms with E-state index in [1.54, 1.807) is 0 Å². The number of benzene rings is 1. The molecule has 1 rings (SSSR count). The van der Waals surface area contributed by atoms with Crippen molar-refractivity contribution in [2.75, 3.05) is 7.05 Å². The van der Waals surface area contributed by atoms with Crippen LogP contribution in [0.5, 0.6) is 0 Å². The van der Waals surface area contributed by atoms with Gasteiger partial charge in [0.05, 0.1) is 0 Å². The summed E-state index contributed by atoms with van der Waals surface area (Å²) < 4.78 is 0. The summed E-state index contributed by atoms with van der Waals surface area (Å²) in [7, 11) is 2.07. The van der Waals surface area contributed by atoms with E-state index in [1.807, 2.05) is 0 Å². The van der Waals surface area contributed by atoms with Gasteiger partial charge in [-0.3, -0.25) is 0 Å². The smallest absolute Gasteiger partial charge is 0.0132 e. The van der Waals surface area contributed by atoms with Crippen LogP contribution in [0.2, 0.25) is 0 Å². The lowest BCUT2D eigenvalue weighted by molar-refractivity contribution is 0.310. The van der Waals surface area contributed by atoms with E-state index in [-0.39, 0.29) is 0 Å². The van der Waals surface area contributed by atoms with E-state index >= 15 is 0 Å². The molecule has 2 atom stereocenters. The Hall–Kier alpha value is -0.820. The lowest BCUT2D eigenvalue weighted by Gasteiger charge is -2.26. The van der Waals surface area contributed by atoms with Crippen LogP contribution in [0.1, 0.15) is 31.9 Å². The molecule has 0 radical (unpaired) electrons. The molecule has 90 valence electrons. The van der Waals surface area contributed by atoms with Crippen molar-refractivity contribution in [3.8, 4) is 0 Å². The van der Waals surface area contributed by atoms with Crippen LogP contribution in [0, 0.1) is 18.8 Å². The van der Waals surface area contributed by atoms with Gasteiger partial charge in [-0.15, -0.1) is 0 Å². The average molecular weight is 219 g/mol. The normalized spacial score (nSPS) is 15.1. The van der Waals surface area contributed by atoms with Crippen molar-refractivity contribution in [2.24, 2.45) is 11.8 Å². The number of hydrogen-bond donors (Lipinski definition) is 1. The van der Waals surface area contributed by atoms with Crippen LogP contribution >= 0.6 is 0 Å². The SMILES string of the molecule is CNC(Cc1ccc(C)cc1)C(C)C(C)C. The fourth-order valence-electron chi connectivity index (χ4n) is 1.99. The van der Waals surface area contributed by atoms with Gasteiger partial charge in [0.1, 0.15) is 0 Å². The first kappa shape index (κ1) is 13.2. The minimum Gasteiger partial charge on any atom is -0.316 e. The van der Waals surface area contributed by atoms with Crippen molar-refractivity contribution in [1.29, 1.82) is 0 Å². The summed E-state index contributed by atoms with van der Waals surface area (Å²) in [5.74, 6) is 1.43. The highest BCUT2D eigenvalue weighted by Crippen LogP contribution is 2.18. The number of nitrogens with one attached hydrogen (secondary N) is 1. The first-order valence-electron chi connectivity index (χ1n) is 6.27. The molecule has 16 heavy (non-hydrogen) atoms. The summed E-state index contributed by atoms with van der Waals surface area (Å²) in [6.45, 7) is 9.06. The zero-order chi connectivity index (χ0) is 12.1. The van der Waals surface area contributed by atoms with E-state index in [9.17, 15) is 0 Å². The molecule has 0 heterocycles. The Labute approximate surface area is 100 Å². The van der Waals surface area contributed by atoms with Crippen LogP contribution in [0.3, 0.4) is 0 Å². The Morgan fingerprint density at radius 1 is 1.06 bits per heavy atom. The molecular formula is C15H25N. The molecule has 0 fully saturated rings. The molecule has 1 nitrogen and oxygen atoms in total. The number of likely N-dealkylation sites (N-methyl/N-ethyl adjacent to an activating group) is 1. The summed E-state index contributed by atoms with van der Waals surface area (Å²) in [6.07, 6.45) is 1.12. The molecule has 0 bridgehead atoms. The fraction of sp³-hybridized carbons (Fsp3) is 0.600. The van der Waals surface area contributed by atoms with E-state index in [1.165, 1.54) is 11.1 Å². The lowest BCUT2D eigenvalue weighted by Crippen LogP contribution is -2.36. The zero-order valence-corrected chi connectivity index (χ0v) is 11.2. The Bertz CT molecular complexity index is 300. The van der Waals surface area contributed by atoms with Crippen LogP contribution in [-0.4, -0.2) is 13.1 Å². The largest absolute Gasteiger partial charge is 0.316 e. The minimum absolute atomic E-state index is 0.572. The Balaban J connectivity index is 2.66. The molecule has 0 aromatic heterocycles. The highest BCUT2D eigenvalue weighted by Gasteiger charge is 2.18. The maximum Gasteiger partial charge on any atom is 0.0132 e. The zero-order valence-electron chi connectivity index (χ0n) is 11.2. The van der Waals surface area contributed by atoms with Crippen molar-refractivity contribution in [2.45, 2.75) is 40.2 Å². The minimum atomic E-state index is 0.572. The average Bonchev–Trinajstić information content (AvgIpc) is 2.27. The van der Waals surface area contributed by atoms with Gasteiger partial charge in [-0.1, -0.05) is 50.6 Å². The predicted octanol–water partition coefficient (Wildman–Crippen LogP) is 3.42. The molecule has 1 aromatic rings. The van der Waals surface area contributed by atoms with Gasteiger partial charge in [-0.05, 0) is 37.8 Å². The second-order valence-corrected chi connectivity index (χ2v) is 5.19. The summed E-state index contributed by atoms with van der Waals surface area (Å²) in [5, 5.41) is 3.45. The third kappa shape index (κ3) is 3.64. The standard InChI is InChI=1S/C15H25N/c1-11(2)13(4)15(16-5)10-14-8-6-12(3)7-9-14/h6-9,11,13,15-16H,10H2,1-5H3. The van der Waals surface area contributed by atoms with Crippen molar-refractivity contribution in [1.82, 2.24) is 5.32 Å². The Morgan fingerprint density at radius 2 is 1.62 bits per heavy atom. The molecule has 0 aliphatic heterocycles. The molecule has 0 saturated carbocycles. The van der Waals surface area contributed by atoms with Crippen LogP contribution in [0.25, 0.3) is 0 Å². The second kappa shape index (κ2) is 6.05. The monoisotopic (exact) mass is 219 g/mol. The van der Waals surface area contributed by atoms with Gasteiger partial charge < -0.3 is 5.32 Å². The molecular weight excluding hydrogens is 194 g/mol. The Morgan fingerprint density at radius 3 is 2.06 bits per heavy atom. The van der Waals surface area contributed by atoms with Crippen molar-refractivity contribution in [3.05, 3.63) is 35.4 Å². The fourth-order valence-corrected chi connectivity index (χ4v) is 1.99. The molecule has 0 aliphatic rings. The summed E-state index contributed by atoms with van der Waals surface area (Å²) in [5.41, 5.74) is 2.76. The first-order valence-corrected chi connectivity index (χ1v) is 6.27. The topological polar surface area (TPSA) is 12.0 Å². The molecule has 1 heteroatoms. The summed E-state index contributed by atoms with van der Waals surface area (Å²) >= 11 is 0. The van der Waals surface area contributed by atoms with E-state index in [0.717, 1.165) is 12.3 Å². The molecule has 2 unspecified atom stereocenters. The van der Waals surface area contributed by atoms with Gasteiger partial charge in [-0.2, -0.15) is 0 Å². The van der Waals surface area contributed by atoms with Crippen molar-refractivity contribution < 1.29 is 0 Å². The van der Waals surface area contributed by atoms with Gasteiger partial charge in [-0.25, -0.2) is 0 Å². The van der Waals surface area contributed by atoms with Gasteiger partial charge in [0, 0.05) is 6.04 Å². The van der Waals surface area contributed by atoms with Crippen LogP contribution < -0.4 is 5.32 Å². The number of rotatable bonds is 5. The van der Waals surface area contributed by atoms with E-state index < -0.39 is 0 Å². The van der Waals surface area contributed by atoms with Gasteiger partial charge >= 0.3 is 0 Å². The van der Waals surface area contributed by atoms with Gasteiger partial charge in [0.2, 0.25) is 0 Å². The van der Waals surface area contributed by atoms with Gasteiger partial charge in [0.25, 0.3) is 0 Å². The number of hydrogen-bond acceptors (Lipinski definition) is 1. The third-order valence-corrected chi connectivity index (χ3v) is 3.63. The molecule has 1 N–H and O–H groups in total. The van der Waals surface area contributed by atoms with Crippen LogP contribution in [0.15, 0.2) is 24.3 Å². The maximum absolute atomic E-state index is 3.45. The highest BCUT2D eigenvalue weighted by atomic mass is 14.9. The van der Waals surface area contributed by atoms with Crippen LogP contribution in [0.4, 0.5) is 0 Å². The van der Waals surface area contributed by atoms with E-state index in [0.29, 0.717) is 12.0 Å². The number of aryl methyl sites for hydroxylation is 1. The molecule has 0 spiro atoms. The van der Waals surface area contributed by atoms with E-state index in [4.69, 9.17) is 0 Å². The maximum atomic E-state index is 3.45. The summed E-state index contributed by atoms with van der Waals surface area (Å²) in [4.78, 5) is 0. The molecule has 0 aliphatic carbocycles. The first-order chi connectivity index (χ1) is 7.54. The summed E-state index contributed by atoms with van der Waals surface area (Å²) in [6, 6.07) is 9.45. The molecule has 1 aromatic carbocycles. The predicted molar refractivity (Wildman–Crippen MR) is 71.7 cm³/mol. The van der Waals surface area contributed by atoms with Crippen molar-refractivity contribution >= 4 is 0 Å². The Kier molecular flexibility index (Phi) is 5.01. The quantitative estimate of drug-likeness (QED) is 0.800. The second-order valence-electron chi connectivity index (χ2n) is 5.19. The highest BCUT2D eigenvalue weighted by molar-refractivity contribution is 5.22. The van der Waals surface area contributed by atoms with Gasteiger partial charge in [0.15, 0.2) is 0 Å². The van der Waals surface area contributed by atoms with E-state index in [2.05, 4.69) is 64.3 Å². The third-order valence-electron chi connectivity index (χ3n) is 3.63. The lowest BCUT2D eigenvalue weighted by atomic mass is 9.86. The molecule has 0 amide bonds. The van der Waals surface area contributed by atoms with Crippen LogP contribution in [-0.2, 0) is 6.42 Å². The molecule has 0 saturated heterocycles.